The molecule has 2 rings (SSSR count). The van der Waals surface area contributed by atoms with Gasteiger partial charge in [-0.05, 0) is 43.4 Å². The lowest BCUT2D eigenvalue weighted by molar-refractivity contribution is 0.0763. The van der Waals surface area contributed by atoms with Gasteiger partial charge in [0.25, 0.3) is 0 Å². The quantitative estimate of drug-likeness (QED) is 0.837. The Morgan fingerprint density at radius 3 is 2.75 bits per heavy atom. The van der Waals surface area contributed by atoms with E-state index in [1.54, 1.807) is 7.11 Å². The first kappa shape index (κ1) is 14.8. The van der Waals surface area contributed by atoms with Crippen molar-refractivity contribution >= 4 is 0 Å². The van der Waals surface area contributed by atoms with Gasteiger partial charge in [-0.25, -0.2) is 0 Å². The minimum absolute atomic E-state index is 0.160. The maximum atomic E-state index is 9.60. The molecule has 0 aromatic heterocycles. The van der Waals surface area contributed by atoms with E-state index >= 15 is 0 Å². The van der Waals surface area contributed by atoms with E-state index in [1.807, 2.05) is 18.2 Å². The van der Waals surface area contributed by atoms with Crippen molar-refractivity contribution in [2.24, 2.45) is 0 Å². The second-order valence-electron chi connectivity index (χ2n) is 5.38. The Balaban J connectivity index is 2.03. The zero-order valence-corrected chi connectivity index (χ0v) is 12.0. The first-order valence-corrected chi connectivity index (χ1v) is 7.15. The number of nitrogens with zero attached hydrogens (tertiary/aromatic N) is 2. The van der Waals surface area contributed by atoms with Crippen molar-refractivity contribution in [1.29, 1.82) is 5.26 Å². The number of rotatable bonds is 5. The number of benzene rings is 1. The van der Waals surface area contributed by atoms with Crippen molar-refractivity contribution < 1.29 is 9.84 Å². The van der Waals surface area contributed by atoms with Crippen LogP contribution in [0.25, 0.3) is 0 Å². The van der Waals surface area contributed by atoms with E-state index in [0.29, 0.717) is 12.6 Å². The fraction of sp³-hybridized carbons (Fsp3) is 0.562. The Kier molecular flexibility index (Phi) is 5.40. The van der Waals surface area contributed by atoms with Crippen LogP contribution in [-0.2, 0) is 6.54 Å². The SMILES string of the molecule is COc1cccc(CN(CC#N)C2CCC(O)CC2)c1. The molecule has 4 nitrogen and oxygen atoms in total. The zero-order valence-electron chi connectivity index (χ0n) is 12.0. The molecule has 1 N–H and O–H groups in total. The van der Waals surface area contributed by atoms with Gasteiger partial charge in [0.05, 0.1) is 25.8 Å². The highest BCUT2D eigenvalue weighted by molar-refractivity contribution is 5.28. The van der Waals surface area contributed by atoms with Gasteiger partial charge in [-0.1, -0.05) is 12.1 Å². The van der Waals surface area contributed by atoms with Crippen molar-refractivity contribution in [2.45, 2.75) is 44.4 Å². The predicted molar refractivity (Wildman–Crippen MR) is 77.3 cm³/mol. The highest BCUT2D eigenvalue weighted by Crippen LogP contribution is 2.25. The summed E-state index contributed by atoms with van der Waals surface area (Å²) in [6.45, 7) is 1.18. The standard InChI is InChI=1S/C16H22N2O2/c1-20-16-4-2-3-13(11-16)12-18(10-9-17)14-5-7-15(19)8-6-14/h2-4,11,14-15,19H,5-8,10,12H2,1H3. The normalized spacial score (nSPS) is 22.5. The number of nitriles is 1. The number of hydrogen-bond acceptors (Lipinski definition) is 4. The van der Waals surface area contributed by atoms with Crippen LogP contribution in [0.3, 0.4) is 0 Å². The van der Waals surface area contributed by atoms with Gasteiger partial charge in [0, 0.05) is 12.6 Å². The van der Waals surface area contributed by atoms with Gasteiger partial charge in [0.1, 0.15) is 5.75 Å². The molecule has 0 heterocycles. The first-order valence-electron chi connectivity index (χ1n) is 7.15. The van der Waals surface area contributed by atoms with Crippen LogP contribution in [0.15, 0.2) is 24.3 Å². The second-order valence-corrected chi connectivity index (χ2v) is 5.38. The largest absolute Gasteiger partial charge is 0.497 e. The molecule has 20 heavy (non-hydrogen) atoms. The molecule has 1 aliphatic carbocycles. The van der Waals surface area contributed by atoms with E-state index in [4.69, 9.17) is 10.00 Å². The highest BCUT2D eigenvalue weighted by atomic mass is 16.5. The molecule has 1 aliphatic rings. The van der Waals surface area contributed by atoms with E-state index in [0.717, 1.165) is 43.5 Å². The van der Waals surface area contributed by atoms with Gasteiger partial charge in [-0.3, -0.25) is 4.90 Å². The summed E-state index contributed by atoms with van der Waals surface area (Å²) in [5.74, 6) is 0.846. The Morgan fingerprint density at radius 2 is 2.10 bits per heavy atom. The van der Waals surface area contributed by atoms with E-state index in [-0.39, 0.29) is 6.10 Å². The molecule has 0 unspecified atom stereocenters. The predicted octanol–water partition coefficient (Wildman–Crippen LogP) is 2.32. The lowest BCUT2D eigenvalue weighted by atomic mass is 9.91. The van der Waals surface area contributed by atoms with Crippen LogP contribution in [0.1, 0.15) is 31.2 Å². The Bertz CT molecular complexity index is 462. The number of hydrogen-bond donors (Lipinski definition) is 1. The van der Waals surface area contributed by atoms with Crippen molar-refractivity contribution in [1.82, 2.24) is 4.90 Å². The van der Waals surface area contributed by atoms with Gasteiger partial charge < -0.3 is 9.84 Å². The summed E-state index contributed by atoms with van der Waals surface area (Å²) in [6.07, 6.45) is 3.45. The molecule has 4 heteroatoms. The van der Waals surface area contributed by atoms with Crippen LogP contribution < -0.4 is 4.74 Å². The van der Waals surface area contributed by atoms with Gasteiger partial charge in [-0.15, -0.1) is 0 Å². The Hall–Kier alpha value is -1.57. The summed E-state index contributed by atoms with van der Waals surface area (Å²) in [5, 5.41) is 18.6. The zero-order chi connectivity index (χ0) is 14.4. The molecule has 0 bridgehead atoms. The van der Waals surface area contributed by atoms with Crippen LogP contribution in [0.4, 0.5) is 0 Å². The molecule has 1 aromatic rings. The summed E-state index contributed by atoms with van der Waals surface area (Å²) < 4.78 is 5.24. The van der Waals surface area contributed by atoms with Crippen molar-refractivity contribution in [3.63, 3.8) is 0 Å². The third-order valence-corrected chi connectivity index (χ3v) is 3.98. The molecule has 0 atom stereocenters. The highest BCUT2D eigenvalue weighted by Gasteiger charge is 2.24. The molecule has 0 amide bonds. The molecule has 0 saturated heterocycles. The monoisotopic (exact) mass is 274 g/mol. The number of ether oxygens (including phenoxy) is 1. The van der Waals surface area contributed by atoms with E-state index in [9.17, 15) is 5.11 Å². The summed E-state index contributed by atoms with van der Waals surface area (Å²) in [5.41, 5.74) is 1.16. The van der Waals surface area contributed by atoms with Gasteiger partial charge in [-0.2, -0.15) is 5.26 Å². The third-order valence-electron chi connectivity index (χ3n) is 3.98. The maximum absolute atomic E-state index is 9.60. The molecule has 1 saturated carbocycles. The van der Waals surface area contributed by atoms with Crippen LogP contribution in [0, 0.1) is 11.3 Å². The van der Waals surface area contributed by atoms with Crippen molar-refractivity contribution in [2.75, 3.05) is 13.7 Å². The average Bonchev–Trinajstić information content (AvgIpc) is 2.48. The Labute approximate surface area is 120 Å². The topological polar surface area (TPSA) is 56.5 Å². The third kappa shape index (κ3) is 3.96. The molecular formula is C16H22N2O2. The number of aliphatic hydroxyl groups excluding tert-OH is 1. The molecule has 0 spiro atoms. The Morgan fingerprint density at radius 1 is 1.35 bits per heavy atom. The van der Waals surface area contributed by atoms with Crippen LogP contribution in [0.2, 0.25) is 0 Å². The smallest absolute Gasteiger partial charge is 0.119 e. The second kappa shape index (κ2) is 7.28. The summed E-state index contributed by atoms with van der Waals surface area (Å²) in [7, 11) is 1.66. The summed E-state index contributed by atoms with van der Waals surface area (Å²) >= 11 is 0. The molecule has 1 aromatic carbocycles. The maximum Gasteiger partial charge on any atom is 0.119 e. The average molecular weight is 274 g/mol. The molecule has 0 radical (unpaired) electrons. The van der Waals surface area contributed by atoms with E-state index < -0.39 is 0 Å². The van der Waals surface area contributed by atoms with Crippen LogP contribution >= 0.6 is 0 Å². The summed E-state index contributed by atoms with van der Waals surface area (Å²) in [4.78, 5) is 2.21. The number of methoxy groups -OCH3 is 1. The van der Waals surface area contributed by atoms with Gasteiger partial charge >= 0.3 is 0 Å². The molecule has 0 aliphatic heterocycles. The van der Waals surface area contributed by atoms with Crippen LogP contribution in [-0.4, -0.2) is 35.8 Å². The van der Waals surface area contributed by atoms with Crippen molar-refractivity contribution in [3.8, 4) is 11.8 Å². The lowest BCUT2D eigenvalue weighted by Gasteiger charge is -2.34. The minimum atomic E-state index is -0.160. The minimum Gasteiger partial charge on any atom is -0.497 e. The first-order chi connectivity index (χ1) is 9.72. The van der Waals surface area contributed by atoms with Gasteiger partial charge in [0.2, 0.25) is 0 Å². The molecule has 1 fully saturated rings. The molecule has 108 valence electrons. The molecular weight excluding hydrogens is 252 g/mol. The van der Waals surface area contributed by atoms with E-state index in [1.165, 1.54) is 0 Å². The van der Waals surface area contributed by atoms with E-state index in [2.05, 4.69) is 17.0 Å². The van der Waals surface area contributed by atoms with Crippen LogP contribution in [0.5, 0.6) is 5.75 Å². The van der Waals surface area contributed by atoms with Crippen molar-refractivity contribution in [3.05, 3.63) is 29.8 Å². The lowest BCUT2D eigenvalue weighted by Crippen LogP contribution is -2.38. The van der Waals surface area contributed by atoms with Gasteiger partial charge in [0.15, 0.2) is 0 Å². The fourth-order valence-electron chi connectivity index (χ4n) is 2.83. The fourth-order valence-corrected chi connectivity index (χ4v) is 2.83. The number of aliphatic hydroxyl groups is 1. The summed E-state index contributed by atoms with van der Waals surface area (Å²) in [6, 6.07) is 10.6.